The molecule has 1 saturated carbocycles. The summed E-state index contributed by atoms with van der Waals surface area (Å²) in [5.41, 5.74) is 1.52. The summed E-state index contributed by atoms with van der Waals surface area (Å²) in [4.78, 5) is 29.7. The predicted octanol–water partition coefficient (Wildman–Crippen LogP) is 5.07. The van der Waals surface area contributed by atoms with Gasteiger partial charge in [-0.15, -0.1) is 11.3 Å². The number of amides is 2. The van der Waals surface area contributed by atoms with E-state index in [2.05, 4.69) is 19.2 Å². The Bertz CT molecular complexity index is 1230. The van der Waals surface area contributed by atoms with Gasteiger partial charge in [-0.1, -0.05) is 44.9 Å². The van der Waals surface area contributed by atoms with Gasteiger partial charge < -0.3 is 19.5 Å². The number of ether oxygens (including phenoxy) is 1. The van der Waals surface area contributed by atoms with Crippen LogP contribution < -0.4 is 10.1 Å². The van der Waals surface area contributed by atoms with Gasteiger partial charge in [-0.05, 0) is 48.8 Å². The highest BCUT2D eigenvalue weighted by Gasteiger charge is 2.49. The number of fused-ring (bicyclic) bond motifs is 3. The molecule has 7 heteroatoms. The van der Waals surface area contributed by atoms with Crippen molar-refractivity contribution < 1.29 is 14.3 Å². The predicted molar refractivity (Wildman–Crippen MR) is 135 cm³/mol. The van der Waals surface area contributed by atoms with E-state index in [0.29, 0.717) is 30.6 Å². The number of carbonyl (C=O) groups excluding carboxylic acids is 2. The zero-order chi connectivity index (χ0) is 24.0. The Morgan fingerprint density at radius 3 is 2.82 bits per heavy atom. The fourth-order valence-electron chi connectivity index (χ4n) is 5.63. The monoisotopic (exact) mass is 479 g/mol. The Kier molecular flexibility index (Phi) is 5.92. The van der Waals surface area contributed by atoms with Gasteiger partial charge in [0.1, 0.15) is 17.0 Å². The van der Waals surface area contributed by atoms with Crippen molar-refractivity contribution in [2.24, 2.45) is 11.8 Å². The molecule has 34 heavy (non-hydrogen) atoms. The van der Waals surface area contributed by atoms with Crippen molar-refractivity contribution in [3.8, 4) is 5.75 Å². The van der Waals surface area contributed by atoms with Crippen LogP contribution in [0, 0.1) is 11.8 Å². The van der Waals surface area contributed by atoms with Crippen LogP contribution in [-0.2, 0) is 17.9 Å². The maximum atomic E-state index is 14.0. The second-order valence-electron chi connectivity index (χ2n) is 10.1. The SMILES string of the molecule is COc1ccccc1CN1C(=O)c2cc3sccc3n2C[C@]1(C)C(=O)N[C@@H]1CCC[C@H](C)[C@@H]1C. The Morgan fingerprint density at radius 1 is 1.24 bits per heavy atom. The summed E-state index contributed by atoms with van der Waals surface area (Å²) in [6.07, 6.45) is 3.30. The van der Waals surface area contributed by atoms with E-state index in [-0.39, 0.29) is 17.9 Å². The molecular weight excluding hydrogens is 446 g/mol. The summed E-state index contributed by atoms with van der Waals surface area (Å²) in [5, 5.41) is 5.40. The number of hydrogen-bond donors (Lipinski definition) is 1. The molecule has 5 rings (SSSR count). The number of aromatic nitrogens is 1. The van der Waals surface area contributed by atoms with E-state index in [1.165, 1.54) is 6.42 Å². The lowest BCUT2D eigenvalue weighted by Gasteiger charge is -2.45. The molecule has 0 spiro atoms. The molecule has 1 N–H and O–H groups in total. The molecule has 6 nitrogen and oxygen atoms in total. The molecule has 0 bridgehead atoms. The van der Waals surface area contributed by atoms with E-state index in [1.54, 1.807) is 23.3 Å². The number of hydrogen-bond acceptors (Lipinski definition) is 4. The molecule has 0 saturated heterocycles. The third kappa shape index (κ3) is 3.70. The number of nitrogens with one attached hydrogen (secondary N) is 1. The van der Waals surface area contributed by atoms with Gasteiger partial charge >= 0.3 is 0 Å². The molecule has 4 atom stereocenters. The molecule has 3 aromatic rings. The Hall–Kier alpha value is -2.80. The highest BCUT2D eigenvalue weighted by molar-refractivity contribution is 7.17. The number of thiophene rings is 1. The van der Waals surface area contributed by atoms with E-state index in [1.807, 2.05) is 53.3 Å². The van der Waals surface area contributed by atoms with Crippen molar-refractivity contribution in [3.05, 3.63) is 53.0 Å². The average molecular weight is 480 g/mol. The minimum absolute atomic E-state index is 0.0792. The number of nitrogens with zero attached hydrogens (tertiary/aromatic N) is 2. The lowest BCUT2D eigenvalue weighted by atomic mass is 9.77. The van der Waals surface area contributed by atoms with Crippen molar-refractivity contribution in [2.45, 2.75) is 64.7 Å². The van der Waals surface area contributed by atoms with Gasteiger partial charge in [-0.2, -0.15) is 0 Å². The smallest absolute Gasteiger partial charge is 0.271 e. The molecule has 1 aliphatic carbocycles. The molecule has 1 aromatic carbocycles. The number of carbonyl (C=O) groups is 2. The minimum atomic E-state index is -1.03. The first kappa shape index (κ1) is 23.0. The van der Waals surface area contributed by atoms with Crippen LogP contribution in [0.5, 0.6) is 5.75 Å². The van der Waals surface area contributed by atoms with Crippen molar-refractivity contribution in [2.75, 3.05) is 7.11 Å². The van der Waals surface area contributed by atoms with Gasteiger partial charge in [0, 0.05) is 11.6 Å². The number of rotatable bonds is 5. The fourth-order valence-corrected chi connectivity index (χ4v) is 6.46. The summed E-state index contributed by atoms with van der Waals surface area (Å²) in [6, 6.07) is 11.8. The number of benzene rings is 1. The summed E-state index contributed by atoms with van der Waals surface area (Å²) in [5.74, 6) is 1.50. The van der Waals surface area contributed by atoms with Crippen LogP contribution in [0.15, 0.2) is 41.8 Å². The van der Waals surface area contributed by atoms with Crippen LogP contribution in [0.2, 0.25) is 0 Å². The van der Waals surface area contributed by atoms with E-state index in [9.17, 15) is 9.59 Å². The van der Waals surface area contributed by atoms with Crippen LogP contribution >= 0.6 is 11.3 Å². The maximum Gasteiger partial charge on any atom is 0.271 e. The number of methoxy groups -OCH3 is 1. The molecule has 1 aliphatic heterocycles. The standard InChI is InChI=1S/C27H33N3O3S/c1-17-8-7-10-20(18(17)2)28-26(32)27(3)16-29-21-12-13-34-24(21)14-22(29)25(31)30(27)15-19-9-5-6-11-23(19)33-4/h5-6,9,11-14,17-18,20H,7-8,10,15-16H2,1-4H3,(H,28,32)/t17-,18-,20+,27+/m0/s1. The van der Waals surface area contributed by atoms with Crippen LogP contribution in [-0.4, -0.2) is 40.0 Å². The van der Waals surface area contributed by atoms with E-state index < -0.39 is 5.54 Å². The quantitative estimate of drug-likeness (QED) is 0.556. The Morgan fingerprint density at radius 2 is 2.03 bits per heavy atom. The second-order valence-corrected chi connectivity index (χ2v) is 11.1. The highest BCUT2D eigenvalue weighted by atomic mass is 32.1. The van der Waals surface area contributed by atoms with E-state index in [4.69, 9.17) is 4.74 Å². The summed E-state index contributed by atoms with van der Waals surface area (Å²) in [6.45, 7) is 7.14. The van der Waals surface area contributed by atoms with Crippen molar-refractivity contribution in [3.63, 3.8) is 0 Å². The molecule has 0 unspecified atom stereocenters. The van der Waals surface area contributed by atoms with Gasteiger partial charge in [-0.3, -0.25) is 9.59 Å². The lowest BCUT2D eigenvalue weighted by Crippen LogP contribution is -2.65. The molecule has 3 heterocycles. The van der Waals surface area contributed by atoms with E-state index in [0.717, 1.165) is 34.4 Å². The molecule has 2 aromatic heterocycles. The van der Waals surface area contributed by atoms with Gasteiger partial charge in [-0.25, -0.2) is 0 Å². The summed E-state index contributed by atoms with van der Waals surface area (Å²) < 4.78 is 8.66. The first-order valence-corrected chi connectivity index (χ1v) is 13.0. The van der Waals surface area contributed by atoms with Crippen molar-refractivity contribution >= 4 is 33.4 Å². The third-order valence-corrected chi connectivity index (χ3v) is 8.94. The lowest BCUT2D eigenvalue weighted by molar-refractivity contribution is -0.134. The average Bonchev–Trinajstić information content (AvgIpc) is 3.42. The molecular formula is C27H33N3O3S. The topological polar surface area (TPSA) is 63.6 Å². The zero-order valence-electron chi connectivity index (χ0n) is 20.3. The minimum Gasteiger partial charge on any atom is -0.496 e. The van der Waals surface area contributed by atoms with E-state index >= 15 is 0 Å². The molecule has 2 aliphatic rings. The Balaban J connectivity index is 1.54. The number of para-hydroxylation sites is 1. The molecule has 2 amide bonds. The first-order valence-electron chi connectivity index (χ1n) is 12.1. The summed E-state index contributed by atoms with van der Waals surface area (Å²) >= 11 is 1.62. The highest BCUT2D eigenvalue weighted by Crippen LogP contribution is 2.37. The molecule has 1 fully saturated rings. The first-order chi connectivity index (χ1) is 16.3. The van der Waals surface area contributed by atoms with Gasteiger partial charge in [0.05, 0.1) is 30.4 Å². The van der Waals surface area contributed by atoms with Crippen LogP contribution in [0.4, 0.5) is 0 Å². The maximum absolute atomic E-state index is 14.0. The molecule has 0 radical (unpaired) electrons. The van der Waals surface area contributed by atoms with Crippen molar-refractivity contribution in [1.29, 1.82) is 0 Å². The van der Waals surface area contributed by atoms with Gasteiger partial charge in [0.15, 0.2) is 0 Å². The zero-order valence-corrected chi connectivity index (χ0v) is 21.2. The van der Waals surface area contributed by atoms with Gasteiger partial charge in [0.2, 0.25) is 5.91 Å². The normalized spacial score (nSPS) is 27.0. The third-order valence-electron chi connectivity index (χ3n) is 8.08. The largest absolute Gasteiger partial charge is 0.496 e. The van der Waals surface area contributed by atoms with Crippen LogP contribution in [0.1, 0.15) is 56.1 Å². The second kappa shape index (κ2) is 8.77. The fraction of sp³-hybridized carbons (Fsp3) is 0.481. The Labute approximate surface area is 204 Å². The van der Waals surface area contributed by atoms with Crippen LogP contribution in [0.25, 0.3) is 10.2 Å². The van der Waals surface area contributed by atoms with Crippen LogP contribution in [0.3, 0.4) is 0 Å². The van der Waals surface area contributed by atoms with Crippen molar-refractivity contribution in [1.82, 2.24) is 14.8 Å². The summed E-state index contributed by atoms with van der Waals surface area (Å²) in [7, 11) is 1.63. The van der Waals surface area contributed by atoms with Gasteiger partial charge in [0.25, 0.3) is 5.91 Å². The molecule has 180 valence electrons.